The molecule has 0 fully saturated rings. The largest absolute Gasteiger partial charge is 0.488 e. The van der Waals surface area contributed by atoms with Crippen molar-refractivity contribution in [1.82, 2.24) is 5.32 Å². The normalized spacial score (nSPS) is 10.7. The highest BCUT2D eigenvalue weighted by atomic mass is 79.9. The third-order valence-corrected chi connectivity index (χ3v) is 4.09. The van der Waals surface area contributed by atoms with Gasteiger partial charge in [-0.05, 0) is 52.3 Å². The molecule has 2 rings (SSSR count). The quantitative estimate of drug-likeness (QED) is 0.712. The van der Waals surface area contributed by atoms with Crippen LogP contribution in [0.5, 0.6) is 5.75 Å². The number of ether oxygens (including phenoxy) is 1. The van der Waals surface area contributed by atoms with Gasteiger partial charge in [0.1, 0.15) is 18.2 Å². The van der Waals surface area contributed by atoms with Gasteiger partial charge in [0.25, 0.3) is 0 Å². The molecule has 2 aromatic rings. The van der Waals surface area contributed by atoms with Crippen LogP contribution in [0.15, 0.2) is 45.3 Å². The minimum Gasteiger partial charge on any atom is -0.488 e. The van der Waals surface area contributed by atoms with Gasteiger partial charge in [-0.1, -0.05) is 35.0 Å². The first-order valence-electron chi connectivity index (χ1n) is 6.66. The highest BCUT2D eigenvalue weighted by Gasteiger charge is 2.06. The van der Waals surface area contributed by atoms with Crippen LogP contribution in [0.3, 0.4) is 0 Å². The van der Waals surface area contributed by atoms with Gasteiger partial charge in [0, 0.05) is 16.6 Å². The van der Waals surface area contributed by atoms with Crippen LogP contribution < -0.4 is 10.1 Å². The molecule has 1 N–H and O–H groups in total. The number of hydrogen-bond donors (Lipinski definition) is 1. The van der Waals surface area contributed by atoms with E-state index in [1.165, 1.54) is 11.6 Å². The van der Waals surface area contributed by atoms with Crippen molar-refractivity contribution < 1.29 is 9.13 Å². The SMILES string of the molecule is CCNCc1ccc(OCc2ccc(Br)cc2F)c(Br)c1. The standard InChI is InChI=1S/C16H16Br2FNO/c1-2-20-9-11-3-6-16(14(18)7-11)21-10-12-4-5-13(17)8-15(12)19/h3-8,20H,2,9-10H2,1H3. The molecule has 21 heavy (non-hydrogen) atoms. The van der Waals surface area contributed by atoms with Crippen LogP contribution in [0.4, 0.5) is 4.39 Å². The third-order valence-electron chi connectivity index (χ3n) is 2.97. The summed E-state index contributed by atoms with van der Waals surface area (Å²) in [7, 11) is 0. The topological polar surface area (TPSA) is 21.3 Å². The summed E-state index contributed by atoms with van der Waals surface area (Å²) in [5.74, 6) is 0.432. The molecule has 0 aliphatic rings. The molecular formula is C16H16Br2FNO. The number of hydrogen-bond acceptors (Lipinski definition) is 2. The van der Waals surface area contributed by atoms with E-state index in [1.807, 2.05) is 18.2 Å². The van der Waals surface area contributed by atoms with Crippen molar-refractivity contribution in [2.24, 2.45) is 0 Å². The monoisotopic (exact) mass is 415 g/mol. The predicted octanol–water partition coefficient (Wildman–Crippen LogP) is 5.04. The van der Waals surface area contributed by atoms with Crippen molar-refractivity contribution in [3.8, 4) is 5.75 Å². The zero-order chi connectivity index (χ0) is 15.2. The Hall–Kier alpha value is -0.910. The van der Waals surface area contributed by atoms with Gasteiger partial charge in [-0.3, -0.25) is 0 Å². The van der Waals surface area contributed by atoms with Crippen LogP contribution in [0.1, 0.15) is 18.1 Å². The molecule has 0 aromatic heterocycles. The zero-order valence-corrected chi connectivity index (χ0v) is 14.8. The molecule has 112 valence electrons. The van der Waals surface area contributed by atoms with Crippen LogP contribution in [-0.4, -0.2) is 6.54 Å². The van der Waals surface area contributed by atoms with Gasteiger partial charge in [0.05, 0.1) is 4.47 Å². The van der Waals surface area contributed by atoms with Gasteiger partial charge in [0.2, 0.25) is 0 Å². The average molecular weight is 417 g/mol. The number of nitrogens with one attached hydrogen (secondary N) is 1. The van der Waals surface area contributed by atoms with Crippen LogP contribution in [-0.2, 0) is 13.2 Å². The van der Waals surface area contributed by atoms with Crippen molar-refractivity contribution in [1.29, 1.82) is 0 Å². The van der Waals surface area contributed by atoms with Gasteiger partial charge < -0.3 is 10.1 Å². The van der Waals surface area contributed by atoms with E-state index in [1.54, 1.807) is 12.1 Å². The molecule has 0 spiro atoms. The average Bonchev–Trinajstić information content (AvgIpc) is 2.45. The second-order valence-electron chi connectivity index (χ2n) is 4.57. The Balaban J connectivity index is 2.02. The first-order chi connectivity index (χ1) is 10.1. The molecule has 0 amide bonds. The Labute approximate surface area is 141 Å². The summed E-state index contributed by atoms with van der Waals surface area (Å²) in [6, 6.07) is 10.9. The van der Waals surface area contributed by atoms with Crippen molar-refractivity contribution in [2.45, 2.75) is 20.1 Å². The van der Waals surface area contributed by atoms with Crippen molar-refractivity contribution in [2.75, 3.05) is 6.54 Å². The summed E-state index contributed by atoms with van der Waals surface area (Å²) in [5.41, 5.74) is 1.70. The van der Waals surface area contributed by atoms with E-state index >= 15 is 0 Å². The molecule has 2 aromatic carbocycles. The van der Waals surface area contributed by atoms with Crippen LogP contribution in [0.2, 0.25) is 0 Å². The Bertz CT molecular complexity index is 619. The number of halogens is 3. The van der Waals surface area contributed by atoms with E-state index in [2.05, 4.69) is 44.1 Å². The number of benzene rings is 2. The second kappa shape index (κ2) is 7.92. The first kappa shape index (κ1) is 16.5. The van der Waals surface area contributed by atoms with Gasteiger partial charge in [-0.15, -0.1) is 0 Å². The lowest BCUT2D eigenvalue weighted by atomic mass is 10.2. The summed E-state index contributed by atoms with van der Waals surface area (Å²) >= 11 is 6.73. The zero-order valence-electron chi connectivity index (χ0n) is 11.6. The molecule has 5 heteroatoms. The van der Waals surface area contributed by atoms with Gasteiger partial charge in [-0.25, -0.2) is 4.39 Å². The van der Waals surface area contributed by atoms with E-state index in [9.17, 15) is 4.39 Å². The summed E-state index contributed by atoms with van der Waals surface area (Å²) < 4.78 is 21.0. The van der Waals surface area contributed by atoms with Crippen LogP contribution in [0.25, 0.3) is 0 Å². The van der Waals surface area contributed by atoms with Gasteiger partial charge in [-0.2, -0.15) is 0 Å². The molecule has 0 bridgehead atoms. The number of rotatable bonds is 6. The molecule has 0 saturated carbocycles. The molecule has 0 saturated heterocycles. The molecule has 2 nitrogen and oxygen atoms in total. The van der Waals surface area contributed by atoms with Crippen molar-refractivity contribution in [3.63, 3.8) is 0 Å². The first-order valence-corrected chi connectivity index (χ1v) is 8.24. The third kappa shape index (κ3) is 4.80. The highest BCUT2D eigenvalue weighted by molar-refractivity contribution is 9.10. The summed E-state index contributed by atoms with van der Waals surface area (Å²) in [6.07, 6.45) is 0. The van der Waals surface area contributed by atoms with E-state index < -0.39 is 0 Å². The Kier molecular flexibility index (Phi) is 6.21. The van der Waals surface area contributed by atoms with E-state index in [0.717, 1.165) is 22.0 Å². The fourth-order valence-corrected chi connectivity index (χ4v) is 2.71. The van der Waals surface area contributed by atoms with E-state index in [-0.39, 0.29) is 12.4 Å². The highest BCUT2D eigenvalue weighted by Crippen LogP contribution is 2.27. The van der Waals surface area contributed by atoms with Crippen molar-refractivity contribution in [3.05, 3.63) is 62.3 Å². The molecule has 0 aliphatic heterocycles. The lowest BCUT2D eigenvalue weighted by Gasteiger charge is -2.11. The van der Waals surface area contributed by atoms with Gasteiger partial charge in [0.15, 0.2) is 0 Å². The summed E-state index contributed by atoms with van der Waals surface area (Å²) in [6.45, 7) is 4.01. The molecular weight excluding hydrogens is 401 g/mol. The van der Waals surface area contributed by atoms with Crippen LogP contribution >= 0.6 is 31.9 Å². The van der Waals surface area contributed by atoms with Gasteiger partial charge >= 0.3 is 0 Å². The molecule has 0 heterocycles. The maximum absolute atomic E-state index is 13.7. The molecule has 0 unspecified atom stereocenters. The second-order valence-corrected chi connectivity index (χ2v) is 6.34. The lowest BCUT2D eigenvalue weighted by molar-refractivity contribution is 0.298. The van der Waals surface area contributed by atoms with E-state index in [0.29, 0.717) is 11.3 Å². The fraction of sp³-hybridized carbons (Fsp3) is 0.250. The predicted molar refractivity (Wildman–Crippen MR) is 90.0 cm³/mol. The summed E-state index contributed by atoms with van der Waals surface area (Å²) in [4.78, 5) is 0. The molecule has 0 atom stereocenters. The smallest absolute Gasteiger partial charge is 0.134 e. The fourth-order valence-electron chi connectivity index (χ4n) is 1.83. The maximum atomic E-state index is 13.7. The van der Waals surface area contributed by atoms with Crippen LogP contribution in [0, 0.1) is 5.82 Å². The molecule has 0 radical (unpaired) electrons. The van der Waals surface area contributed by atoms with E-state index in [4.69, 9.17) is 4.74 Å². The summed E-state index contributed by atoms with van der Waals surface area (Å²) in [5, 5.41) is 3.27. The lowest BCUT2D eigenvalue weighted by Crippen LogP contribution is -2.11. The Morgan fingerprint density at radius 2 is 1.95 bits per heavy atom. The minimum absolute atomic E-state index is 0.199. The van der Waals surface area contributed by atoms with Crippen molar-refractivity contribution >= 4 is 31.9 Å². The maximum Gasteiger partial charge on any atom is 0.134 e. The Morgan fingerprint density at radius 1 is 1.14 bits per heavy atom. The minimum atomic E-state index is -0.274. The molecule has 0 aliphatic carbocycles. The Morgan fingerprint density at radius 3 is 2.62 bits per heavy atom.